The summed E-state index contributed by atoms with van der Waals surface area (Å²) in [7, 11) is 0. The number of hydrogen-bond donors (Lipinski definition) is 2. The summed E-state index contributed by atoms with van der Waals surface area (Å²) in [5.41, 5.74) is 5.12. The lowest BCUT2D eigenvalue weighted by Gasteiger charge is -2.23. The molecule has 1 heterocycles. The molecule has 46 heavy (non-hydrogen) atoms. The SMILES string of the molecule is Cc1ccc([C@@H](C)NCc2ccc(-c3ccc(Cl)c(C(=O)N[C@@H](CCC(=O)C4CCCCC4)Cc4ccc(C#N)cc4)c3)o2)cc1. The first kappa shape index (κ1) is 33.2. The summed E-state index contributed by atoms with van der Waals surface area (Å²) < 4.78 is 6.15. The molecule has 1 aliphatic carbocycles. The Balaban J connectivity index is 1.26. The lowest BCUT2D eigenvalue weighted by Crippen LogP contribution is -2.37. The molecule has 2 N–H and O–H groups in total. The third-order valence-electron chi connectivity index (χ3n) is 9.02. The van der Waals surface area contributed by atoms with Gasteiger partial charge in [-0.1, -0.05) is 72.8 Å². The number of halogens is 1. The molecule has 238 valence electrons. The molecular weight excluding hydrogens is 594 g/mol. The van der Waals surface area contributed by atoms with Crippen molar-refractivity contribution < 1.29 is 14.0 Å². The van der Waals surface area contributed by atoms with E-state index in [4.69, 9.17) is 16.0 Å². The maximum atomic E-state index is 13.7. The summed E-state index contributed by atoms with van der Waals surface area (Å²) in [4.78, 5) is 26.7. The summed E-state index contributed by atoms with van der Waals surface area (Å²) in [6, 6.07) is 27.0. The maximum absolute atomic E-state index is 13.7. The number of carbonyl (C=O) groups excluding carboxylic acids is 2. The molecular formula is C39H42ClN3O3. The minimum absolute atomic E-state index is 0.130. The van der Waals surface area contributed by atoms with Gasteiger partial charge in [-0.2, -0.15) is 5.26 Å². The molecule has 0 spiro atoms. The zero-order valence-electron chi connectivity index (χ0n) is 26.7. The number of furan rings is 1. The Hall–Kier alpha value is -4.18. The molecule has 7 heteroatoms. The van der Waals surface area contributed by atoms with Gasteiger partial charge in [-0.3, -0.25) is 9.59 Å². The molecule has 1 aromatic heterocycles. The number of aryl methyl sites for hydroxylation is 1. The van der Waals surface area contributed by atoms with Gasteiger partial charge in [0.05, 0.1) is 28.8 Å². The molecule has 3 aromatic carbocycles. The van der Waals surface area contributed by atoms with Crippen LogP contribution >= 0.6 is 11.6 Å². The van der Waals surface area contributed by atoms with E-state index in [1.54, 1.807) is 24.3 Å². The summed E-state index contributed by atoms with van der Waals surface area (Å²) in [6.07, 6.45) is 6.84. The Morgan fingerprint density at radius 2 is 1.72 bits per heavy atom. The van der Waals surface area contributed by atoms with Gasteiger partial charge in [0.1, 0.15) is 17.3 Å². The van der Waals surface area contributed by atoms with Gasteiger partial charge < -0.3 is 15.1 Å². The van der Waals surface area contributed by atoms with E-state index in [-0.39, 0.29) is 29.7 Å². The smallest absolute Gasteiger partial charge is 0.253 e. The van der Waals surface area contributed by atoms with Crippen LogP contribution < -0.4 is 10.6 Å². The molecule has 1 saturated carbocycles. The van der Waals surface area contributed by atoms with Crippen LogP contribution in [0.1, 0.15) is 96.3 Å². The molecule has 5 rings (SSSR count). The van der Waals surface area contributed by atoms with Gasteiger partial charge in [0.15, 0.2) is 0 Å². The molecule has 1 amide bonds. The first-order valence-electron chi connectivity index (χ1n) is 16.3. The second-order valence-corrected chi connectivity index (χ2v) is 12.9. The average Bonchev–Trinajstić information content (AvgIpc) is 3.56. The molecule has 1 fully saturated rings. The van der Waals surface area contributed by atoms with Crippen molar-refractivity contribution in [3.8, 4) is 17.4 Å². The molecule has 0 aliphatic heterocycles. The molecule has 0 saturated heterocycles. The Morgan fingerprint density at radius 1 is 0.978 bits per heavy atom. The van der Waals surface area contributed by atoms with Crippen LogP contribution in [0.4, 0.5) is 0 Å². The topological polar surface area (TPSA) is 95.1 Å². The minimum Gasteiger partial charge on any atom is -0.460 e. The predicted octanol–water partition coefficient (Wildman–Crippen LogP) is 8.90. The van der Waals surface area contributed by atoms with Crippen molar-refractivity contribution in [1.82, 2.24) is 10.6 Å². The Morgan fingerprint density at radius 3 is 2.43 bits per heavy atom. The van der Waals surface area contributed by atoms with Crippen molar-refractivity contribution in [3.05, 3.63) is 117 Å². The van der Waals surface area contributed by atoms with Crippen LogP contribution in [0.5, 0.6) is 0 Å². The van der Waals surface area contributed by atoms with Crippen molar-refractivity contribution in [2.24, 2.45) is 5.92 Å². The van der Waals surface area contributed by atoms with Gasteiger partial charge in [0.2, 0.25) is 0 Å². The van der Waals surface area contributed by atoms with Crippen LogP contribution in [0.15, 0.2) is 83.3 Å². The van der Waals surface area contributed by atoms with Gasteiger partial charge in [0.25, 0.3) is 5.91 Å². The van der Waals surface area contributed by atoms with Crippen LogP contribution in [0, 0.1) is 24.2 Å². The number of rotatable bonds is 13. The van der Waals surface area contributed by atoms with Crippen molar-refractivity contribution in [2.45, 2.75) is 83.8 Å². The standard InChI is InChI=1S/C39H42ClN3O3/c1-26-8-14-30(15-9-26)27(2)42-25-34-18-21-38(46-34)32-16-19-36(40)35(23-32)39(45)43-33(22-28-10-12-29(24-41)13-11-28)17-20-37(44)31-6-4-3-5-7-31/h8-16,18-19,21,23,27,31,33,42H,3-7,17,20,22,25H2,1-2H3,(H,43,45)/t27-,33+/m1/s1. The zero-order valence-corrected chi connectivity index (χ0v) is 27.4. The number of hydrogen-bond acceptors (Lipinski definition) is 5. The van der Waals surface area contributed by atoms with E-state index in [1.807, 2.05) is 30.3 Å². The lowest BCUT2D eigenvalue weighted by molar-refractivity contribution is -0.124. The van der Waals surface area contributed by atoms with Crippen LogP contribution in [-0.4, -0.2) is 17.7 Å². The predicted molar refractivity (Wildman–Crippen MR) is 183 cm³/mol. The Kier molecular flexibility index (Phi) is 11.5. The highest BCUT2D eigenvalue weighted by atomic mass is 35.5. The van der Waals surface area contributed by atoms with E-state index in [0.717, 1.165) is 42.6 Å². The number of nitrogens with one attached hydrogen (secondary N) is 2. The second kappa shape index (κ2) is 15.9. The largest absolute Gasteiger partial charge is 0.460 e. The van der Waals surface area contributed by atoms with Crippen LogP contribution in [0.2, 0.25) is 5.02 Å². The summed E-state index contributed by atoms with van der Waals surface area (Å²) in [5, 5.41) is 16.2. The Bertz CT molecular complexity index is 1660. The fraction of sp³-hybridized carbons (Fsp3) is 0.359. The zero-order chi connectivity index (χ0) is 32.5. The number of nitrogens with zero attached hydrogens (tertiary/aromatic N) is 1. The van der Waals surface area contributed by atoms with E-state index < -0.39 is 0 Å². The fourth-order valence-electron chi connectivity index (χ4n) is 6.14. The quantitative estimate of drug-likeness (QED) is 0.153. The van der Waals surface area contributed by atoms with Crippen LogP contribution in [0.3, 0.4) is 0 Å². The summed E-state index contributed by atoms with van der Waals surface area (Å²) >= 11 is 6.56. The van der Waals surface area contributed by atoms with Gasteiger partial charge in [0, 0.05) is 30.0 Å². The average molecular weight is 636 g/mol. The highest BCUT2D eigenvalue weighted by Crippen LogP contribution is 2.29. The highest BCUT2D eigenvalue weighted by molar-refractivity contribution is 6.34. The van der Waals surface area contributed by atoms with Crippen molar-refractivity contribution in [3.63, 3.8) is 0 Å². The molecule has 6 nitrogen and oxygen atoms in total. The molecule has 0 bridgehead atoms. The van der Waals surface area contributed by atoms with E-state index in [1.165, 1.54) is 17.5 Å². The lowest BCUT2D eigenvalue weighted by atomic mass is 9.84. The van der Waals surface area contributed by atoms with E-state index in [0.29, 0.717) is 47.7 Å². The van der Waals surface area contributed by atoms with E-state index in [2.05, 4.69) is 54.8 Å². The number of nitriles is 1. The normalized spacial score (nSPS) is 14.7. The summed E-state index contributed by atoms with van der Waals surface area (Å²) in [5.74, 6) is 1.56. The van der Waals surface area contributed by atoms with Crippen molar-refractivity contribution >= 4 is 23.3 Å². The van der Waals surface area contributed by atoms with E-state index in [9.17, 15) is 14.9 Å². The number of amides is 1. The summed E-state index contributed by atoms with van der Waals surface area (Å²) in [6.45, 7) is 4.76. The molecule has 0 radical (unpaired) electrons. The first-order valence-corrected chi connectivity index (χ1v) is 16.7. The first-order chi connectivity index (χ1) is 22.3. The minimum atomic E-state index is -0.295. The van der Waals surface area contributed by atoms with Crippen molar-refractivity contribution in [2.75, 3.05) is 0 Å². The third-order valence-corrected chi connectivity index (χ3v) is 9.35. The highest BCUT2D eigenvalue weighted by Gasteiger charge is 2.24. The van der Waals surface area contributed by atoms with Crippen LogP contribution in [-0.2, 0) is 17.8 Å². The van der Waals surface area contributed by atoms with Gasteiger partial charge in [-0.25, -0.2) is 0 Å². The van der Waals surface area contributed by atoms with Crippen molar-refractivity contribution in [1.29, 1.82) is 5.26 Å². The number of Topliss-reactive ketones (excluding diaryl/α,β-unsaturated/α-hetero) is 1. The monoisotopic (exact) mass is 635 g/mol. The number of carbonyl (C=O) groups is 2. The molecule has 0 unspecified atom stereocenters. The van der Waals surface area contributed by atoms with Gasteiger partial charge in [-0.05, 0) is 93.1 Å². The molecule has 2 atom stereocenters. The molecule has 4 aromatic rings. The van der Waals surface area contributed by atoms with E-state index >= 15 is 0 Å². The van der Waals surface area contributed by atoms with Gasteiger partial charge >= 0.3 is 0 Å². The van der Waals surface area contributed by atoms with Gasteiger partial charge in [-0.15, -0.1) is 0 Å². The Labute approximate surface area is 277 Å². The second-order valence-electron chi connectivity index (χ2n) is 12.5. The van der Waals surface area contributed by atoms with Crippen LogP contribution in [0.25, 0.3) is 11.3 Å². The number of benzene rings is 3. The number of ketones is 1. The third kappa shape index (κ3) is 8.96. The maximum Gasteiger partial charge on any atom is 0.253 e. The molecule has 1 aliphatic rings. The fourth-order valence-corrected chi connectivity index (χ4v) is 6.34.